The van der Waals surface area contributed by atoms with Gasteiger partial charge in [-0.3, -0.25) is 0 Å². The second-order valence-electron chi connectivity index (χ2n) is 7.09. The summed E-state index contributed by atoms with van der Waals surface area (Å²) in [5.41, 5.74) is 3.59. The maximum atomic E-state index is 12.7. The zero-order valence-electron chi connectivity index (χ0n) is 16.2. The van der Waals surface area contributed by atoms with Crippen molar-refractivity contribution in [3.05, 3.63) is 40.6 Å². The number of rotatable bonds is 3. The molecule has 4 aliphatic heterocycles. The van der Waals surface area contributed by atoms with Gasteiger partial charge in [-0.05, 0) is 17.7 Å². The van der Waals surface area contributed by atoms with Crippen LogP contribution in [0.5, 0.6) is 34.5 Å². The number of carbonyl (C=O) groups is 1. The van der Waals surface area contributed by atoms with Gasteiger partial charge in [-0.15, -0.1) is 0 Å². The molecule has 0 bridgehead atoms. The summed E-state index contributed by atoms with van der Waals surface area (Å²) in [5.74, 6) is 2.28. The highest BCUT2D eigenvalue weighted by molar-refractivity contribution is 5.98. The van der Waals surface area contributed by atoms with Gasteiger partial charge in [0.05, 0.1) is 25.5 Å². The maximum absolute atomic E-state index is 12.7. The number of fused-ring (bicyclic) bond motifs is 3. The molecule has 0 amide bonds. The molecule has 1 atom stereocenters. The van der Waals surface area contributed by atoms with Crippen LogP contribution in [0, 0.1) is 0 Å². The monoisotopic (exact) mass is 411 g/mol. The van der Waals surface area contributed by atoms with Crippen molar-refractivity contribution in [1.29, 1.82) is 0 Å². The Morgan fingerprint density at radius 1 is 0.900 bits per heavy atom. The van der Waals surface area contributed by atoms with Gasteiger partial charge in [0.2, 0.25) is 25.1 Å². The number of anilines is 1. The topological polar surface area (TPSA) is 93.7 Å². The predicted octanol–water partition coefficient (Wildman–Crippen LogP) is 2.53. The number of methoxy groups -OCH3 is 2. The highest BCUT2D eigenvalue weighted by Crippen LogP contribution is 2.56. The average molecular weight is 411 g/mol. The lowest BCUT2D eigenvalue weighted by Gasteiger charge is -2.28. The van der Waals surface area contributed by atoms with Crippen LogP contribution in [0.3, 0.4) is 0 Å². The van der Waals surface area contributed by atoms with E-state index in [1.807, 2.05) is 18.2 Å². The van der Waals surface area contributed by atoms with E-state index in [4.69, 9.17) is 33.2 Å². The van der Waals surface area contributed by atoms with Crippen LogP contribution in [0.1, 0.15) is 17.0 Å². The number of esters is 1. The molecule has 4 aliphatic rings. The van der Waals surface area contributed by atoms with Crippen LogP contribution >= 0.6 is 0 Å². The minimum atomic E-state index is -0.476. The normalized spacial score (nSPS) is 19.8. The SMILES string of the molecule is COc1cc(C2C3=C(COC3=O)Nc3cc4c(cc32)OCO4)c2c(c1OC)OCO2. The van der Waals surface area contributed by atoms with Crippen LogP contribution in [0.15, 0.2) is 29.5 Å². The van der Waals surface area contributed by atoms with E-state index < -0.39 is 5.92 Å². The Labute approximate surface area is 171 Å². The van der Waals surface area contributed by atoms with E-state index >= 15 is 0 Å². The highest BCUT2D eigenvalue weighted by Gasteiger charge is 2.43. The maximum Gasteiger partial charge on any atom is 0.337 e. The summed E-state index contributed by atoms with van der Waals surface area (Å²) in [5, 5.41) is 3.31. The van der Waals surface area contributed by atoms with Crippen LogP contribution in [0.2, 0.25) is 0 Å². The molecular weight excluding hydrogens is 394 g/mol. The first-order valence-corrected chi connectivity index (χ1v) is 9.34. The van der Waals surface area contributed by atoms with Crippen LogP contribution < -0.4 is 33.7 Å². The molecule has 0 spiro atoms. The van der Waals surface area contributed by atoms with Crippen LogP contribution in [0.25, 0.3) is 0 Å². The molecule has 2 aromatic rings. The highest BCUT2D eigenvalue weighted by atomic mass is 16.7. The van der Waals surface area contributed by atoms with Crippen LogP contribution in [0.4, 0.5) is 5.69 Å². The minimum Gasteiger partial charge on any atom is -0.493 e. The molecule has 9 nitrogen and oxygen atoms in total. The zero-order valence-corrected chi connectivity index (χ0v) is 16.2. The fourth-order valence-corrected chi connectivity index (χ4v) is 4.36. The molecule has 154 valence electrons. The lowest BCUT2D eigenvalue weighted by molar-refractivity contribution is -0.136. The second kappa shape index (κ2) is 6.12. The molecule has 0 aromatic heterocycles. The van der Waals surface area contributed by atoms with Gasteiger partial charge in [0.15, 0.2) is 23.0 Å². The summed E-state index contributed by atoms with van der Waals surface area (Å²) in [6.45, 7) is 0.368. The average Bonchev–Trinajstić information content (AvgIpc) is 3.49. The molecular formula is C21H17NO8. The Morgan fingerprint density at radius 2 is 1.67 bits per heavy atom. The van der Waals surface area contributed by atoms with Crippen molar-refractivity contribution in [3.63, 3.8) is 0 Å². The molecule has 2 aromatic carbocycles. The van der Waals surface area contributed by atoms with Crippen molar-refractivity contribution in [2.45, 2.75) is 5.92 Å². The first-order chi connectivity index (χ1) is 14.7. The second-order valence-corrected chi connectivity index (χ2v) is 7.09. The van der Waals surface area contributed by atoms with E-state index in [1.54, 1.807) is 7.11 Å². The number of cyclic esters (lactones) is 1. The van der Waals surface area contributed by atoms with E-state index in [-0.39, 0.29) is 26.2 Å². The Hall–Kier alpha value is -3.75. The summed E-state index contributed by atoms with van der Waals surface area (Å²) in [4.78, 5) is 12.7. The number of carbonyl (C=O) groups excluding carboxylic acids is 1. The summed E-state index contributed by atoms with van der Waals surface area (Å²) >= 11 is 0. The van der Waals surface area contributed by atoms with E-state index in [9.17, 15) is 4.79 Å². The van der Waals surface area contributed by atoms with E-state index in [2.05, 4.69) is 5.32 Å². The molecule has 0 saturated carbocycles. The first-order valence-electron chi connectivity index (χ1n) is 9.34. The van der Waals surface area contributed by atoms with Crippen LogP contribution in [-0.2, 0) is 9.53 Å². The number of hydrogen-bond acceptors (Lipinski definition) is 9. The van der Waals surface area contributed by atoms with Gasteiger partial charge in [0.1, 0.15) is 6.61 Å². The Balaban J connectivity index is 1.62. The van der Waals surface area contributed by atoms with E-state index in [0.717, 1.165) is 11.3 Å². The summed E-state index contributed by atoms with van der Waals surface area (Å²) in [6.07, 6.45) is 0. The molecule has 1 unspecified atom stereocenters. The smallest absolute Gasteiger partial charge is 0.337 e. The molecule has 9 heteroatoms. The van der Waals surface area contributed by atoms with Gasteiger partial charge in [-0.2, -0.15) is 0 Å². The van der Waals surface area contributed by atoms with Crippen LogP contribution in [-0.4, -0.2) is 40.4 Å². The third kappa shape index (κ3) is 2.20. The first kappa shape index (κ1) is 17.1. The lowest BCUT2D eigenvalue weighted by Crippen LogP contribution is -2.20. The predicted molar refractivity (Wildman–Crippen MR) is 102 cm³/mol. The van der Waals surface area contributed by atoms with Gasteiger partial charge in [-0.25, -0.2) is 4.79 Å². The Kier molecular flexibility index (Phi) is 3.50. The van der Waals surface area contributed by atoms with Crippen molar-refractivity contribution in [2.24, 2.45) is 0 Å². The quantitative estimate of drug-likeness (QED) is 0.765. The summed E-state index contributed by atoms with van der Waals surface area (Å²) in [7, 11) is 3.09. The number of hydrogen-bond donors (Lipinski definition) is 1. The minimum absolute atomic E-state index is 0.0428. The molecule has 6 rings (SSSR count). The summed E-state index contributed by atoms with van der Waals surface area (Å²) < 4.78 is 38.9. The molecule has 0 radical (unpaired) electrons. The van der Waals surface area contributed by atoms with Gasteiger partial charge in [-0.1, -0.05) is 0 Å². The fourth-order valence-electron chi connectivity index (χ4n) is 4.36. The van der Waals surface area contributed by atoms with Crippen molar-refractivity contribution in [1.82, 2.24) is 0 Å². The van der Waals surface area contributed by atoms with Crippen molar-refractivity contribution < 1.29 is 38.0 Å². The summed E-state index contributed by atoms with van der Waals surface area (Å²) in [6, 6.07) is 5.56. The van der Waals surface area contributed by atoms with E-state index in [0.29, 0.717) is 51.3 Å². The molecule has 4 heterocycles. The third-order valence-corrected chi connectivity index (χ3v) is 5.65. The van der Waals surface area contributed by atoms with Gasteiger partial charge < -0.3 is 38.5 Å². The Bertz CT molecular complexity index is 1140. The molecule has 1 N–H and O–H groups in total. The van der Waals surface area contributed by atoms with Gasteiger partial charge in [0, 0.05) is 23.2 Å². The van der Waals surface area contributed by atoms with Gasteiger partial charge in [0.25, 0.3) is 0 Å². The number of ether oxygens (including phenoxy) is 7. The van der Waals surface area contributed by atoms with Crippen molar-refractivity contribution >= 4 is 11.7 Å². The lowest BCUT2D eigenvalue weighted by atomic mass is 9.80. The number of nitrogens with one attached hydrogen (secondary N) is 1. The zero-order chi connectivity index (χ0) is 20.4. The number of benzene rings is 2. The molecule has 0 aliphatic carbocycles. The molecule has 0 fully saturated rings. The van der Waals surface area contributed by atoms with Gasteiger partial charge >= 0.3 is 5.97 Å². The largest absolute Gasteiger partial charge is 0.493 e. The fraction of sp³-hybridized carbons (Fsp3) is 0.286. The molecule has 30 heavy (non-hydrogen) atoms. The molecule has 0 saturated heterocycles. The van der Waals surface area contributed by atoms with Crippen molar-refractivity contribution in [2.75, 3.05) is 39.7 Å². The standard InChI is InChI=1S/C21H17NO8/c1-24-15-4-10(18-20(19(15)25-2)30-8-29-18)16-9-3-13-14(28-7-27-13)5-11(9)22-12-6-26-21(23)17(12)16/h3-5,16,22H,6-8H2,1-2H3. The van der Waals surface area contributed by atoms with E-state index in [1.165, 1.54) is 7.11 Å². The van der Waals surface area contributed by atoms with Crippen molar-refractivity contribution in [3.8, 4) is 34.5 Å². The Morgan fingerprint density at radius 3 is 2.47 bits per heavy atom. The third-order valence-electron chi connectivity index (χ3n) is 5.65.